The molecule has 0 aliphatic heterocycles. The van der Waals surface area contributed by atoms with E-state index in [-0.39, 0.29) is 16.7 Å². The highest BCUT2D eigenvalue weighted by Crippen LogP contribution is 2.20. The van der Waals surface area contributed by atoms with E-state index in [1.807, 2.05) is 6.92 Å². The summed E-state index contributed by atoms with van der Waals surface area (Å²) in [5.41, 5.74) is 0.298. The first-order chi connectivity index (χ1) is 10.5. The zero-order valence-corrected chi connectivity index (χ0v) is 13.4. The number of carbonyl (C=O) groups is 2. The van der Waals surface area contributed by atoms with Crippen molar-refractivity contribution in [1.29, 1.82) is 0 Å². The number of rotatable bonds is 5. The van der Waals surface area contributed by atoms with Crippen LogP contribution < -0.4 is 0 Å². The second-order valence-electron chi connectivity index (χ2n) is 4.17. The summed E-state index contributed by atoms with van der Waals surface area (Å²) in [5.74, 6) is -1.02. The van der Waals surface area contributed by atoms with Gasteiger partial charge in [-0.25, -0.2) is 4.39 Å². The molecule has 0 unspecified atom stereocenters. The summed E-state index contributed by atoms with van der Waals surface area (Å²) < 4.78 is 22.7. The molecule has 1 aromatic heterocycles. The SMILES string of the molecule is COC(C)OC.O=Cc1ccsc1C(=O)c1ccccc1F. The molecule has 0 saturated heterocycles. The number of hydrogen-bond donors (Lipinski definition) is 0. The Morgan fingerprint density at radius 3 is 2.36 bits per heavy atom. The summed E-state index contributed by atoms with van der Waals surface area (Å²) in [7, 11) is 3.21. The van der Waals surface area contributed by atoms with Gasteiger partial charge in [-0.1, -0.05) is 12.1 Å². The Labute approximate surface area is 132 Å². The van der Waals surface area contributed by atoms with Crippen LogP contribution in [0.2, 0.25) is 0 Å². The minimum Gasteiger partial charge on any atom is -0.356 e. The number of benzene rings is 1. The number of halogens is 1. The Balaban J connectivity index is 0.000000346. The minimum absolute atomic E-state index is 0.00644. The van der Waals surface area contributed by atoms with Crippen LogP contribution in [0.25, 0.3) is 0 Å². The largest absolute Gasteiger partial charge is 0.356 e. The summed E-state index contributed by atoms with van der Waals surface area (Å²) in [6, 6.07) is 7.28. The van der Waals surface area contributed by atoms with Gasteiger partial charge in [0.2, 0.25) is 5.78 Å². The van der Waals surface area contributed by atoms with Crippen molar-refractivity contribution in [1.82, 2.24) is 0 Å². The molecule has 0 N–H and O–H groups in total. The Kier molecular flexibility index (Phi) is 7.59. The topological polar surface area (TPSA) is 52.6 Å². The lowest BCUT2D eigenvalue weighted by molar-refractivity contribution is -0.0877. The van der Waals surface area contributed by atoms with Gasteiger partial charge < -0.3 is 9.47 Å². The van der Waals surface area contributed by atoms with Gasteiger partial charge in [0.05, 0.1) is 10.4 Å². The molecule has 4 nitrogen and oxygen atoms in total. The molecule has 2 rings (SSSR count). The zero-order valence-electron chi connectivity index (χ0n) is 12.5. The average molecular weight is 324 g/mol. The highest BCUT2D eigenvalue weighted by Gasteiger charge is 2.17. The van der Waals surface area contributed by atoms with E-state index in [2.05, 4.69) is 9.47 Å². The third kappa shape index (κ3) is 4.84. The molecular weight excluding hydrogens is 307 g/mol. The van der Waals surface area contributed by atoms with Gasteiger partial charge in [-0.2, -0.15) is 0 Å². The molecule has 0 aliphatic carbocycles. The van der Waals surface area contributed by atoms with Crippen molar-refractivity contribution >= 4 is 23.4 Å². The van der Waals surface area contributed by atoms with Crippen LogP contribution in [0.1, 0.15) is 32.5 Å². The van der Waals surface area contributed by atoms with Crippen molar-refractivity contribution in [2.75, 3.05) is 14.2 Å². The first-order valence-electron chi connectivity index (χ1n) is 6.42. The Hall–Kier alpha value is -1.89. The van der Waals surface area contributed by atoms with Crippen LogP contribution in [0.5, 0.6) is 0 Å². The predicted octanol–water partition coefficient (Wildman–Crippen LogP) is 3.56. The van der Waals surface area contributed by atoms with Gasteiger partial charge in [-0.05, 0) is 30.5 Å². The molecule has 0 radical (unpaired) electrons. The lowest BCUT2D eigenvalue weighted by Gasteiger charge is -2.03. The van der Waals surface area contributed by atoms with Crippen molar-refractivity contribution in [3.8, 4) is 0 Å². The molecule has 0 fully saturated rings. The lowest BCUT2D eigenvalue weighted by Crippen LogP contribution is -2.05. The van der Waals surface area contributed by atoms with Crippen LogP contribution in [0.3, 0.4) is 0 Å². The molecule has 0 aliphatic rings. The van der Waals surface area contributed by atoms with Crippen molar-refractivity contribution in [2.24, 2.45) is 0 Å². The molecule has 1 aromatic carbocycles. The fourth-order valence-corrected chi connectivity index (χ4v) is 2.28. The maximum absolute atomic E-state index is 13.4. The second-order valence-corrected chi connectivity index (χ2v) is 5.09. The molecule has 118 valence electrons. The summed E-state index contributed by atoms with van der Waals surface area (Å²) >= 11 is 1.14. The first-order valence-corrected chi connectivity index (χ1v) is 7.30. The van der Waals surface area contributed by atoms with Gasteiger partial charge in [-0.15, -0.1) is 11.3 Å². The highest BCUT2D eigenvalue weighted by atomic mass is 32.1. The number of thiophene rings is 1. The van der Waals surface area contributed by atoms with Gasteiger partial charge in [0.1, 0.15) is 5.82 Å². The summed E-state index contributed by atoms with van der Waals surface area (Å²) in [6.07, 6.45) is 0.537. The van der Waals surface area contributed by atoms with Crippen LogP contribution in [0.15, 0.2) is 35.7 Å². The van der Waals surface area contributed by atoms with E-state index < -0.39 is 11.6 Å². The molecule has 22 heavy (non-hydrogen) atoms. The molecule has 6 heteroatoms. The Morgan fingerprint density at radius 2 is 1.86 bits per heavy atom. The number of ether oxygens (including phenoxy) is 2. The van der Waals surface area contributed by atoms with Crippen LogP contribution in [-0.4, -0.2) is 32.6 Å². The second kappa shape index (κ2) is 9.19. The van der Waals surface area contributed by atoms with Gasteiger partial charge in [0.25, 0.3) is 0 Å². The van der Waals surface area contributed by atoms with Crippen LogP contribution >= 0.6 is 11.3 Å². The van der Waals surface area contributed by atoms with Gasteiger partial charge >= 0.3 is 0 Å². The van der Waals surface area contributed by atoms with E-state index in [0.717, 1.165) is 11.3 Å². The number of carbonyl (C=O) groups excluding carboxylic acids is 2. The van der Waals surface area contributed by atoms with Gasteiger partial charge in [0, 0.05) is 19.8 Å². The van der Waals surface area contributed by atoms with E-state index >= 15 is 0 Å². The Morgan fingerprint density at radius 1 is 1.23 bits per heavy atom. The number of aldehydes is 1. The fraction of sp³-hybridized carbons (Fsp3) is 0.250. The van der Waals surface area contributed by atoms with E-state index in [1.165, 1.54) is 18.2 Å². The third-order valence-corrected chi connectivity index (χ3v) is 3.74. The number of methoxy groups -OCH3 is 2. The maximum atomic E-state index is 13.4. The minimum atomic E-state index is -0.572. The van der Waals surface area contributed by atoms with Gasteiger partial charge in [-0.3, -0.25) is 9.59 Å². The van der Waals surface area contributed by atoms with E-state index in [9.17, 15) is 14.0 Å². The average Bonchev–Trinajstić information content (AvgIpc) is 3.03. The third-order valence-electron chi connectivity index (χ3n) is 2.81. The molecular formula is C16H17FO4S. The molecule has 1 heterocycles. The highest BCUT2D eigenvalue weighted by molar-refractivity contribution is 7.12. The van der Waals surface area contributed by atoms with Crippen LogP contribution in [0, 0.1) is 5.82 Å². The maximum Gasteiger partial charge on any atom is 0.206 e. The fourth-order valence-electron chi connectivity index (χ4n) is 1.46. The van der Waals surface area contributed by atoms with Gasteiger partial charge in [0.15, 0.2) is 12.6 Å². The lowest BCUT2D eigenvalue weighted by atomic mass is 10.1. The standard InChI is InChI=1S/C12H7FO2S.C4H10O2/c13-10-4-2-1-3-9(10)11(15)12-8(7-14)5-6-16-12;1-4(5-2)6-3/h1-7H;4H,1-3H3. The molecule has 0 saturated carbocycles. The van der Waals surface area contributed by atoms with Crippen molar-refractivity contribution in [3.05, 3.63) is 57.5 Å². The normalized spacial score (nSPS) is 10.0. The molecule has 0 atom stereocenters. The number of hydrogen-bond acceptors (Lipinski definition) is 5. The first kappa shape index (κ1) is 18.2. The van der Waals surface area contributed by atoms with Crippen molar-refractivity contribution in [3.63, 3.8) is 0 Å². The predicted molar refractivity (Wildman–Crippen MR) is 83.0 cm³/mol. The van der Waals surface area contributed by atoms with Crippen LogP contribution in [-0.2, 0) is 9.47 Å². The Bertz CT molecular complexity index is 620. The zero-order chi connectivity index (χ0) is 16.5. The van der Waals surface area contributed by atoms with Crippen LogP contribution in [0.4, 0.5) is 4.39 Å². The van der Waals surface area contributed by atoms with E-state index in [4.69, 9.17) is 0 Å². The smallest absolute Gasteiger partial charge is 0.206 e. The molecule has 0 bridgehead atoms. The molecule has 0 spiro atoms. The van der Waals surface area contributed by atoms with E-state index in [0.29, 0.717) is 11.8 Å². The van der Waals surface area contributed by atoms with E-state index in [1.54, 1.807) is 31.7 Å². The van der Waals surface area contributed by atoms with Crippen molar-refractivity contribution in [2.45, 2.75) is 13.2 Å². The summed E-state index contributed by atoms with van der Waals surface area (Å²) in [6.45, 7) is 1.83. The summed E-state index contributed by atoms with van der Waals surface area (Å²) in [4.78, 5) is 22.9. The molecule has 0 amide bonds. The molecule has 2 aromatic rings. The summed E-state index contributed by atoms with van der Waals surface area (Å²) in [5, 5.41) is 1.64. The van der Waals surface area contributed by atoms with Crippen molar-refractivity contribution < 1.29 is 23.5 Å². The monoisotopic (exact) mass is 324 g/mol. The quantitative estimate of drug-likeness (QED) is 0.479. The number of ketones is 1.